The summed E-state index contributed by atoms with van der Waals surface area (Å²) in [5.41, 5.74) is 0.937. The van der Waals surface area contributed by atoms with Gasteiger partial charge in [-0.25, -0.2) is 9.37 Å². The highest BCUT2D eigenvalue weighted by molar-refractivity contribution is 7.14. The summed E-state index contributed by atoms with van der Waals surface area (Å²) in [6.07, 6.45) is -0.187. The van der Waals surface area contributed by atoms with Gasteiger partial charge in [-0.2, -0.15) is 0 Å². The number of carbonyl (C=O) groups excluding carboxylic acids is 1. The zero-order valence-electron chi connectivity index (χ0n) is 10.9. The minimum atomic E-state index is -0.527. The number of benzene rings is 1. The fourth-order valence-corrected chi connectivity index (χ4v) is 2.57. The summed E-state index contributed by atoms with van der Waals surface area (Å²) in [6.45, 7) is 1.58. The van der Waals surface area contributed by atoms with Gasteiger partial charge in [-0.15, -0.1) is 11.3 Å². The molecular weight excluding hydrogens is 317 g/mol. The maximum atomic E-state index is 13.6. The van der Waals surface area contributed by atoms with Gasteiger partial charge in [-0.1, -0.05) is 22.8 Å². The maximum absolute atomic E-state index is 13.6. The third kappa shape index (κ3) is 3.77. The fraction of sp³-hybridized carbons (Fsp3) is 0.154. The van der Waals surface area contributed by atoms with Crippen LogP contribution < -0.4 is 5.32 Å². The summed E-state index contributed by atoms with van der Waals surface area (Å²) < 4.78 is 13.6. The van der Waals surface area contributed by atoms with Crippen molar-refractivity contribution in [3.63, 3.8) is 0 Å². The van der Waals surface area contributed by atoms with Crippen molar-refractivity contribution in [2.75, 3.05) is 5.32 Å². The van der Waals surface area contributed by atoms with E-state index >= 15 is 0 Å². The van der Waals surface area contributed by atoms with Crippen LogP contribution in [0.4, 0.5) is 9.52 Å². The average Bonchev–Trinajstić information content (AvgIpc) is 2.90. The summed E-state index contributed by atoms with van der Waals surface area (Å²) in [5.74, 6) is -0.956. The van der Waals surface area contributed by atoms with Crippen LogP contribution >= 0.6 is 22.9 Å². The lowest BCUT2D eigenvalue weighted by Crippen LogP contribution is -2.15. The molecule has 1 heterocycles. The van der Waals surface area contributed by atoms with Crippen molar-refractivity contribution >= 4 is 39.7 Å². The number of nitrogens with one attached hydrogen (secondary N) is 1. The van der Waals surface area contributed by atoms with Crippen LogP contribution in [-0.4, -0.2) is 21.8 Å². The number of aromatic nitrogens is 1. The van der Waals surface area contributed by atoms with Crippen LogP contribution in [-0.2, 0) is 11.2 Å². The van der Waals surface area contributed by atoms with E-state index in [1.54, 1.807) is 12.3 Å². The molecule has 0 atom stereocenters. The smallest absolute Gasteiger partial charge is 0.230 e. The number of hydrogen-bond acceptors (Lipinski definition) is 5. The van der Waals surface area contributed by atoms with Crippen LogP contribution in [0.15, 0.2) is 28.7 Å². The number of thiazole rings is 1. The largest absolute Gasteiger partial charge is 0.411 e. The lowest BCUT2D eigenvalue weighted by Gasteiger charge is -2.05. The molecule has 1 aromatic carbocycles. The van der Waals surface area contributed by atoms with E-state index in [1.807, 2.05) is 0 Å². The minimum Gasteiger partial charge on any atom is -0.411 e. The number of oxime groups is 1. The lowest BCUT2D eigenvalue weighted by atomic mass is 10.1. The molecule has 2 N–H and O–H groups in total. The Kier molecular flexibility index (Phi) is 4.87. The number of amides is 1. The predicted octanol–water partition coefficient (Wildman–Crippen LogP) is 3.32. The van der Waals surface area contributed by atoms with Crippen molar-refractivity contribution < 1.29 is 14.4 Å². The highest BCUT2D eigenvalue weighted by Crippen LogP contribution is 2.21. The van der Waals surface area contributed by atoms with Crippen molar-refractivity contribution in [2.45, 2.75) is 13.3 Å². The Morgan fingerprint density at radius 2 is 2.33 bits per heavy atom. The molecule has 2 aromatic rings. The first-order chi connectivity index (χ1) is 10.0. The normalized spacial score (nSPS) is 11.5. The molecule has 0 radical (unpaired) electrons. The molecular formula is C13H11ClFN3O2S. The molecule has 0 spiro atoms. The Morgan fingerprint density at radius 3 is 3.00 bits per heavy atom. The average molecular weight is 328 g/mol. The number of carbonyl (C=O) groups is 1. The van der Waals surface area contributed by atoms with Gasteiger partial charge in [-0.05, 0) is 19.1 Å². The predicted molar refractivity (Wildman–Crippen MR) is 79.9 cm³/mol. The Hall–Kier alpha value is -1.99. The highest BCUT2D eigenvalue weighted by Gasteiger charge is 2.14. The van der Waals surface area contributed by atoms with Gasteiger partial charge in [-0.3, -0.25) is 4.79 Å². The van der Waals surface area contributed by atoms with E-state index in [0.29, 0.717) is 16.5 Å². The molecule has 0 aliphatic carbocycles. The molecule has 0 aliphatic heterocycles. The van der Waals surface area contributed by atoms with E-state index in [-0.39, 0.29) is 17.0 Å². The molecule has 110 valence electrons. The standard InChI is InChI=1S/C13H11ClFN3O2S/c1-7(18-20)11-6-21-13(16-11)17-12(19)5-8-9(14)3-2-4-10(8)15/h2-4,6,20H,5H2,1H3,(H,16,17,19). The summed E-state index contributed by atoms with van der Waals surface area (Å²) in [6, 6.07) is 4.25. The van der Waals surface area contributed by atoms with Crippen LogP contribution in [0.2, 0.25) is 5.02 Å². The van der Waals surface area contributed by atoms with Crippen molar-refractivity contribution in [2.24, 2.45) is 5.16 Å². The Labute approximate surface area is 129 Å². The minimum absolute atomic E-state index is 0.140. The van der Waals surface area contributed by atoms with Gasteiger partial charge in [0, 0.05) is 16.0 Å². The molecule has 1 amide bonds. The SMILES string of the molecule is CC(=NO)c1csc(NC(=O)Cc2c(F)cccc2Cl)n1. The van der Waals surface area contributed by atoms with Gasteiger partial charge in [0.25, 0.3) is 0 Å². The third-order valence-corrected chi connectivity index (χ3v) is 3.78. The van der Waals surface area contributed by atoms with Crippen LogP contribution in [0.1, 0.15) is 18.2 Å². The van der Waals surface area contributed by atoms with Gasteiger partial charge < -0.3 is 10.5 Å². The maximum Gasteiger partial charge on any atom is 0.230 e. The van der Waals surface area contributed by atoms with Crippen molar-refractivity contribution in [1.29, 1.82) is 0 Å². The Bertz CT molecular complexity index is 682. The molecule has 0 bridgehead atoms. The third-order valence-electron chi connectivity index (χ3n) is 2.67. The van der Waals surface area contributed by atoms with E-state index in [1.165, 1.54) is 29.5 Å². The first-order valence-corrected chi connectivity index (χ1v) is 7.14. The first-order valence-electron chi connectivity index (χ1n) is 5.88. The summed E-state index contributed by atoms with van der Waals surface area (Å²) >= 11 is 7.04. The Balaban J connectivity index is 2.07. The molecule has 5 nitrogen and oxygen atoms in total. The number of nitrogens with zero attached hydrogens (tertiary/aromatic N) is 2. The molecule has 8 heteroatoms. The van der Waals surface area contributed by atoms with Gasteiger partial charge in [0.05, 0.1) is 6.42 Å². The van der Waals surface area contributed by atoms with Gasteiger partial charge >= 0.3 is 0 Å². The van der Waals surface area contributed by atoms with E-state index in [9.17, 15) is 9.18 Å². The lowest BCUT2D eigenvalue weighted by molar-refractivity contribution is -0.115. The Morgan fingerprint density at radius 1 is 1.57 bits per heavy atom. The van der Waals surface area contributed by atoms with Gasteiger partial charge in [0.2, 0.25) is 5.91 Å². The number of rotatable bonds is 4. The summed E-state index contributed by atoms with van der Waals surface area (Å²) in [7, 11) is 0. The topological polar surface area (TPSA) is 74.6 Å². The van der Waals surface area contributed by atoms with Crippen LogP contribution in [0, 0.1) is 5.82 Å². The zero-order valence-corrected chi connectivity index (χ0v) is 12.5. The fourth-order valence-electron chi connectivity index (χ4n) is 1.57. The van der Waals surface area contributed by atoms with Crippen molar-refractivity contribution in [3.05, 3.63) is 45.7 Å². The first kappa shape index (κ1) is 15.4. The van der Waals surface area contributed by atoms with Gasteiger partial charge in [0.15, 0.2) is 5.13 Å². The number of halogens is 2. The van der Waals surface area contributed by atoms with Crippen LogP contribution in [0.3, 0.4) is 0 Å². The van der Waals surface area contributed by atoms with E-state index in [0.717, 1.165) is 0 Å². The van der Waals surface area contributed by atoms with Gasteiger partial charge in [0.1, 0.15) is 17.2 Å². The second-order valence-corrected chi connectivity index (χ2v) is 5.41. The molecule has 0 saturated carbocycles. The van der Waals surface area contributed by atoms with E-state index in [2.05, 4.69) is 15.5 Å². The highest BCUT2D eigenvalue weighted by atomic mass is 35.5. The molecule has 21 heavy (non-hydrogen) atoms. The van der Waals surface area contributed by atoms with Crippen LogP contribution in [0.25, 0.3) is 0 Å². The second-order valence-electron chi connectivity index (χ2n) is 4.15. The molecule has 0 fully saturated rings. The zero-order chi connectivity index (χ0) is 15.4. The van der Waals surface area contributed by atoms with E-state index < -0.39 is 11.7 Å². The molecule has 1 aromatic heterocycles. The summed E-state index contributed by atoms with van der Waals surface area (Å²) in [5, 5.41) is 16.4. The van der Waals surface area contributed by atoms with Crippen molar-refractivity contribution in [3.8, 4) is 0 Å². The number of anilines is 1. The molecule has 0 saturated heterocycles. The molecule has 2 rings (SSSR count). The quantitative estimate of drug-likeness (QED) is 0.514. The van der Waals surface area contributed by atoms with E-state index in [4.69, 9.17) is 16.8 Å². The van der Waals surface area contributed by atoms with Crippen molar-refractivity contribution in [1.82, 2.24) is 4.98 Å². The monoisotopic (exact) mass is 327 g/mol. The second kappa shape index (κ2) is 6.64. The molecule has 0 unspecified atom stereocenters. The molecule has 0 aliphatic rings. The number of hydrogen-bond donors (Lipinski definition) is 2. The van der Waals surface area contributed by atoms with Crippen LogP contribution in [0.5, 0.6) is 0 Å². The summed E-state index contributed by atoms with van der Waals surface area (Å²) in [4.78, 5) is 16.0.